The van der Waals surface area contributed by atoms with Gasteiger partial charge in [0.2, 0.25) is 0 Å². The zero-order valence-corrected chi connectivity index (χ0v) is 17.2. The molecule has 30 heavy (non-hydrogen) atoms. The number of hydrogen-bond acceptors (Lipinski definition) is 6. The summed E-state index contributed by atoms with van der Waals surface area (Å²) in [6.45, 7) is 3.15. The molecule has 2 fully saturated rings. The Balaban J connectivity index is 1.40. The molecule has 0 spiro atoms. The number of nitrogens with zero attached hydrogens (tertiary/aromatic N) is 2. The van der Waals surface area contributed by atoms with Gasteiger partial charge >= 0.3 is 5.97 Å². The number of methoxy groups -OCH3 is 1. The molecule has 1 aromatic heterocycles. The lowest BCUT2D eigenvalue weighted by Crippen LogP contribution is -2.42. The summed E-state index contributed by atoms with van der Waals surface area (Å²) in [5.74, 6) is 0.677. The maximum atomic E-state index is 12.8. The Morgan fingerprint density at radius 1 is 1.07 bits per heavy atom. The maximum Gasteiger partial charge on any atom is 0.337 e. The highest BCUT2D eigenvalue weighted by molar-refractivity contribution is 5.92. The summed E-state index contributed by atoms with van der Waals surface area (Å²) in [7, 11) is 1.34. The van der Waals surface area contributed by atoms with Crippen LogP contribution in [-0.2, 0) is 4.74 Å². The number of aliphatic hydroxyl groups excluding tert-OH is 1. The van der Waals surface area contributed by atoms with Gasteiger partial charge in [-0.3, -0.25) is 4.79 Å². The third kappa shape index (κ3) is 4.16. The molecular formula is C23H26N2O5. The molecule has 2 aromatic rings. The van der Waals surface area contributed by atoms with Gasteiger partial charge in [0, 0.05) is 18.8 Å². The molecule has 7 heteroatoms. The Kier molecular flexibility index (Phi) is 5.72. The van der Waals surface area contributed by atoms with E-state index in [1.807, 2.05) is 24.0 Å². The number of aromatic nitrogens is 1. The summed E-state index contributed by atoms with van der Waals surface area (Å²) in [6.07, 6.45) is 0.331. The molecular weight excluding hydrogens is 384 g/mol. The molecule has 1 aromatic carbocycles. The highest BCUT2D eigenvalue weighted by Crippen LogP contribution is 2.38. The average molecular weight is 410 g/mol. The monoisotopic (exact) mass is 410 g/mol. The second kappa shape index (κ2) is 8.44. The lowest BCUT2D eigenvalue weighted by molar-refractivity contribution is -0.0231. The molecule has 0 bridgehead atoms. The van der Waals surface area contributed by atoms with Crippen LogP contribution < -0.4 is 4.74 Å². The second-order valence-electron chi connectivity index (χ2n) is 8.11. The predicted molar refractivity (Wildman–Crippen MR) is 109 cm³/mol. The number of aliphatic hydroxyl groups is 1. The van der Waals surface area contributed by atoms with Crippen molar-refractivity contribution in [2.45, 2.75) is 32.0 Å². The molecule has 2 aliphatic rings. The van der Waals surface area contributed by atoms with Gasteiger partial charge in [-0.05, 0) is 68.0 Å². The number of ether oxygens (including phenoxy) is 2. The van der Waals surface area contributed by atoms with Crippen molar-refractivity contribution in [3.8, 4) is 5.75 Å². The number of aryl methyl sites for hydroxylation is 1. The second-order valence-corrected chi connectivity index (χ2v) is 8.11. The van der Waals surface area contributed by atoms with Crippen LogP contribution in [0.5, 0.6) is 5.75 Å². The molecule has 1 saturated heterocycles. The lowest BCUT2D eigenvalue weighted by atomic mass is 9.78. The Bertz CT molecular complexity index is 929. The summed E-state index contributed by atoms with van der Waals surface area (Å²) in [5, 5.41) is 10.6. The Hall–Kier alpha value is -2.93. The van der Waals surface area contributed by atoms with Gasteiger partial charge in [-0.25, -0.2) is 9.78 Å². The van der Waals surface area contributed by atoms with Crippen LogP contribution in [0.4, 0.5) is 0 Å². The van der Waals surface area contributed by atoms with Gasteiger partial charge in [0.05, 0.1) is 18.8 Å². The largest absolute Gasteiger partial charge is 0.488 e. The Morgan fingerprint density at radius 2 is 1.77 bits per heavy atom. The van der Waals surface area contributed by atoms with Gasteiger partial charge in [-0.2, -0.15) is 0 Å². The van der Waals surface area contributed by atoms with Crippen molar-refractivity contribution in [2.75, 3.05) is 20.2 Å². The molecule has 1 aliphatic heterocycles. The number of benzene rings is 1. The third-order valence-electron chi connectivity index (χ3n) is 6.04. The van der Waals surface area contributed by atoms with Crippen LogP contribution in [0.1, 0.15) is 39.4 Å². The number of fused-ring (bicyclic) bond motifs is 1. The highest BCUT2D eigenvalue weighted by atomic mass is 16.5. The normalized spacial score (nSPS) is 25.5. The van der Waals surface area contributed by atoms with Crippen molar-refractivity contribution in [1.82, 2.24) is 9.88 Å². The van der Waals surface area contributed by atoms with Gasteiger partial charge < -0.3 is 19.5 Å². The third-order valence-corrected chi connectivity index (χ3v) is 6.04. The van der Waals surface area contributed by atoms with E-state index in [0.717, 1.165) is 5.69 Å². The molecule has 1 aliphatic carbocycles. The SMILES string of the molecule is COC(=O)c1ccc(O[C@H]2C[C@@H]3CN(C(=O)c4cccc(C)n4)C[C@@H]3C[C@@H]2O)cc1. The number of hydrogen-bond donors (Lipinski definition) is 1. The van der Waals surface area contributed by atoms with E-state index in [2.05, 4.69) is 4.98 Å². The van der Waals surface area contributed by atoms with Gasteiger partial charge in [0.1, 0.15) is 17.5 Å². The first-order valence-corrected chi connectivity index (χ1v) is 10.2. The first-order valence-electron chi connectivity index (χ1n) is 10.2. The summed E-state index contributed by atoms with van der Waals surface area (Å²) in [5.41, 5.74) is 1.73. The molecule has 158 valence electrons. The molecule has 4 atom stereocenters. The number of rotatable bonds is 4. The number of pyridine rings is 1. The van der Waals surface area contributed by atoms with Crippen molar-refractivity contribution in [1.29, 1.82) is 0 Å². The van der Waals surface area contributed by atoms with Crippen LogP contribution in [0, 0.1) is 18.8 Å². The minimum Gasteiger partial charge on any atom is -0.488 e. The zero-order chi connectivity index (χ0) is 21.3. The fourth-order valence-corrected chi connectivity index (χ4v) is 4.47. The van der Waals surface area contributed by atoms with Gasteiger partial charge in [-0.15, -0.1) is 0 Å². The molecule has 0 unspecified atom stereocenters. The zero-order valence-electron chi connectivity index (χ0n) is 17.2. The molecule has 1 amide bonds. The molecule has 0 radical (unpaired) electrons. The van der Waals surface area contributed by atoms with Gasteiger partial charge in [0.25, 0.3) is 5.91 Å². The van der Waals surface area contributed by atoms with Crippen molar-refractivity contribution in [3.63, 3.8) is 0 Å². The van der Waals surface area contributed by atoms with E-state index >= 15 is 0 Å². The summed E-state index contributed by atoms with van der Waals surface area (Å²) >= 11 is 0. The van der Waals surface area contributed by atoms with Crippen molar-refractivity contribution in [2.24, 2.45) is 11.8 Å². The molecule has 1 N–H and O–H groups in total. The van der Waals surface area contributed by atoms with E-state index in [4.69, 9.17) is 9.47 Å². The molecule has 7 nitrogen and oxygen atoms in total. The van der Waals surface area contributed by atoms with E-state index in [9.17, 15) is 14.7 Å². The smallest absolute Gasteiger partial charge is 0.337 e. The van der Waals surface area contributed by atoms with E-state index in [1.54, 1.807) is 30.3 Å². The minimum absolute atomic E-state index is 0.0570. The minimum atomic E-state index is -0.598. The fourth-order valence-electron chi connectivity index (χ4n) is 4.47. The van der Waals surface area contributed by atoms with Crippen molar-refractivity contribution in [3.05, 3.63) is 59.4 Å². The number of amides is 1. The molecule has 1 saturated carbocycles. The molecule has 2 heterocycles. The first kappa shape index (κ1) is 20.3. The van der Waals surface area contributed by atoms with Crippen LogP contribution in [0.2, 0.25) is 0 Å². The van der Waals surface area contributed by atoms with Crippen molar-refractivity contribution < 1.29 is 24.2 Å². The predicted octanol–water partition coefficient (Wildman–Crippen LogP) is 2.47. The maximum absolute atomic E-state index is 12.8. The number of likely N-dealkylation sites (tertiary alicyclic amines) is 1. The topological polar surface area (TPSA) is 89.0 Å². The molecule has 4 rings (SSSR count). The Morgan fingerprint density at radius 3 is 2.43 bits per heavy atom. The first-order chi connectivity index (χ1) is 14.4. The lowest BCUT2D eigenvalue weighted by Gasteiger charge is -2.35. The van der Waals surface area contributed by atoms with E-state index < -0.39 is 12.1 Å². The summed E-state index contributed by atoms with van der Waals surface area (Å²) < 4.78 is 10.7. The average Bonchev–Trinajstić information content (AvgIpc) is 3.16. The van der Waals surface area contributed by atoms with Crippen LogP contribution in [0.25, 0.3) is 0 Å². The highest BCUT2D eigenvalue weighted by Gasteiger charge is 2.44. The standard InChI is InChI=1S/C23H26N2O5/c1-14-4-3-5-19(24-14)22(27)25-12-16-10-20(26)21(11-17(16)13-25)30-18-8-6-15(7-9-18)23(28)29-2/h3-9,16-17,20-21,26H,10-13H2,1-2H3/t16-,17+,20-,21-/m0/s1. The van der Waals surface area contributed by atoms with Crippen LogP contribution >= 0.6 is 0 Å². The summed E-state index contributed by atoms with van der Waals surface area (Å²) in [4.78, 5) is 30.6. The van der Waals surface area contributed by atoms with Crippen LogP contribution in [0.15, 0.2) is 42.5 Å². The number of carbonyl (C=O) groups excluding carboxylic acids is 2. The van der Waals surface area contributed by atoms with E-state index in [1.165, 1.54) is 7.11 Å². The van der Waals surface area contributed by atoms with Crippen LogP contribution in [0.3, 0.4) is 0 Å². The quantitative estimate of drug-likeness (QED) is 0.779. The van der Waals surface area contributed by atoms with E-state index in [-0.39, 0.29) is 23.8 Å². The van der Waals surface area contributed by atoms with E-state index in [0.29, 0.717) is 42.9 Å². The van der Waals surface area contributed by atoms with Crippen molar-refractivity contribution >= 4 is 11.9 Å². The number of carbonyl (C=O) groups is 2. The Labute approximate surface area is 175 Å². The number of esters is 1. The van der Waals surface area contributed by atoms with Gasteiger partial charge in [0.15, 0.2) is 0 Å². The van der Waals surface area contributed by atoms with Gasteiger partial charge in [-0.1, -0.05) is 6.07 Å². The fraction of sp³-hybridized carbons (Fsp3) is 0.435. The summed E-state index contributed by atoms with van der Waals surface area (Å²) in [6, 6.07) is 12.2. The van der Waals surface area contributed by atoms with Crippen LogP contribution in [-0.4, -0.2) is 59.3 Å².